The summed E-state index contributed by atoms with van der Waals surface area (Å²) in [6.07, 6.45) is 5.49. The lowest BCUT2D eigenvalue weighted by atomic mass is 9.87. The Kier molecular flexibility index (Phi) is 4.61. The quantitative estimate of drug-likeness (QED) is 0.633. The third kappa shape index (κ3) is 3.57. The van der Waals surface area contributed by atoms with Crippen molar-refractivity contribution in [3.63, 3.8) is 0 Å². The molecule has 0 atom stereocenters. The molecule has 0 fully saturated rings. The highest BCUT2D eigenvalue weighted by Crippen LogP contribution is 2.22. The van der Waals surface area contributed by atoms with E-state index in [1.54, 1.807) is 0 Å². The van der Waals surface area contributed by atoms with Crippen molar-refractivity contribution in [2.75, 3.05) is 0 Å². The molecule has 1 aromatic heterocycles. The number of carbonyl (C=O) groups is 1. The molecule has 0 aliphatic heterocycles. The topological polar surface area (TPSA) is 34.4 Å². The molecule has 0 saturated heterocycles. The Morgan fingerprint density at radius 3 is 2.48 bits per heavy atom. The fraction of sp³-hybridized carbons (Fsp3) is 0.238. The van der Waals surface area contributed by atoms with Gasteiger partial charge in [0, 0.05) is 5.56 Å². The average molecular weight is 348 g/mol. The van der Waals surface area contributed by atoms with Crippen LogP contribution in [-0.2, 0) is 12.0 Å². The van der Waals surface area contributed by atoms with Crippen LogP contribution in [0.2, 0.25) is 0 Å². The van der Waals surface area contributed by atoms with Gasteiger partial charge in [0.2, 0.25) is 0 Å². The lowest BCUT2D eigenvalue weighted by Gasteiger charge is -2.18. The van der Waals surface area contributed by atoms with E-state index in [9.17, 15) is 4.79 Å². The molecule has 2 aromatic carbocycles. The van der Waals surface area contributed by atoms with E-state index in [1.165, 1.54) is 16.9 Å². The Morgan fingerprint density at radius 2 is 1.84 bits per heavy atom. The maximum atomic E-state index is 12.6. The van der Waals surface area contributed by atoms with Crippen LogP contribution in [0.15, 0.2) is 53.5 Å². The Morgan fingerprint density at radius 1 is 1.16 bits per heavy atom. The van der Waals surface area contributed by atoms with E-state index in [0.29, 0.717) is 16.9 Å². The van der Waals surface area contributed by atoms with Gasteiger partial charge in [0.1, 0.15) is 0 Å². The number of aromatic nitrogens is 1. The van der Waals surface area contributed by atoms with Crippen LogP contribution in [0.1, 0.15) is 36.7 Å². The minimum Gasteiger partial charge on any atom is -0.305 e. The van der Waals surface area contributed by atoms with E-state index in [0.717, 1.165) is 10.2 Å². The molecule has 3 rings (SSSR count). The lowest BCUT2D eigenvalue weighted by molar-refractivity contribution is 0.0998. The van der Waals surface area contributed by atoms with E-state index < -0.39 is 0 Å². The molecule has 0 aliphatic carbocycles. The molecule has 126 valence electrons. The van der Waals surface area contributed by atoms with Gasteiger partial charge < -0.3 is 4.57 Å². The van der Waals surface area contributed by atoms with Gasteiger partial charge in [-0.15, -0.1) is 6.42 Å². The number of para-hydroxylation sites is 1. The third-order valence-electron chi connectivity index (χ3n) is 4.03. The maximum absolute atomic E-state index is 12.6. The van der Waals surface area contributed by atoms with Crippen molar-refractivity contribution in [3.8, 4) is 12.3 Å². The number of thiazole rings is 1. The van der Waals surface area contributed by atoms with Crippen molar-refractivity contribution in [1.29, 1.82) is 0 Å². The van der Waals surface area contributed by atoms with Gasteiger partial charge in [-0.1, -0.05) is 62.3 Å². The molecule has 3 nitrogen and oxygen atoms in total. The third-order valence-corrected chi connectivity index (χ3v) is 5.09. The summed E-state index contributed by atoms with van der Waals surface area (Å²) < 4.78 is 2.97. The van der Waals surface area contributed by atoms with Crippen LogP contribution in [0.4, 0.5) is 0 Å². The van der Waals surface area contributed by atoms with Gasteiger partial charge in [0.15, 0.2) is 4.80 Å². The zero-order valence-electron chi connectivity index (χ0n) is 14.6. The number of fused-ring (bicyclic) bond motifs is 1. The zero-order valence-corrected chi connectivity index (χ0v) is 15.4. The number of rotatable bonds is 2. The molecule has 0 unspecified atom stereocenters. The zero-order chi connectivity index (χ0) is 18.0. The van der Waals surface area contributed by atoms with Gasteiger partial charge in [0.05, 0.1) is 16.8 Å². The first kappa shape index (κ1) is 17.2. The first-order valence-electron chi connectivity index (χ1n) is 8.11. The standard InChI is InChI=1S/C21H20N2OS/c1-5-14-23-17-8-6-7-9-18(17)25-20(23)22-19(24)15-10-12-16(13-11-15)21(2,3)4/h1,6-13H,14H2,2-4H3. The average Bonchev–Trinajstić information content (AvgIpc) is 2.92. The van der Waals surface area contributed by atoms with Gasteiger partial charge in [0.25, 0.3) is 5.91 Å². The van der Waals surface area contributed by atoms with Crippen molar-refractivity contribution < 1.29 is 4.79 Å². The molecule has 1 heterocycles. The first-order valence-corrected chi connectivity index (χ1v) is 8.93. The monoisotopic (exact) mass is 348 g/mol. The fourth-order valence-corrected chi connectivity index (χ4v) is 3.64. The smallest absolute Gasteiger partial charge is 0.279 e. The molecule has 1 amide bonds. The van der Waals surface area contributed by atoms with Gasteiger partial charge >= 0.3 is 0 Å². The second-order valence-corrected chi connectivity index (χ2v) is 7.90. The normalized spacial score (nSPS) is 12.3. The van der Waals surface area contributed by atoms with E-state index >= 15 is 0 Å². The molecule has 3 aromatic rings. The lowest BCUT2D eigenvalue weighted by Crippen LogP contribution is -2.16. The molecular weight excluding hydrogens is 328 g/mol. The van der Waals surface area contributed by atoms with Gasteiger partial charge in [-0.3, -0.25) is 4.79 Å². The summed E-state index contributed by atoms with van der Waals surface area (Å²) >= 11 is 1.47. The second kappa shape index (κ2) is 6.70. The van der Waals surface area contributed by atoms with Crippen molar-refractivity contribution >= 4 is 27.5 Å². The highest BCUT2D eigenvalue weighted by atomic mass is 32.1. The number of terminal acetylenes is 1. The molecule has 0 bridgehead atoms. The van der Waals surface area contributed by atoms with Crippen LogP contribution >= 0.6 is 11.3 Å². The highest BCUT2D eigenvalue weighted by Gasteiger charge is 2.14. The Hall–Kier alpha value is -2.64. The van der Waals surface area contributed by atoms with Gasteiger partial charge in [-0.25, -0.2) is 0 Å². The minimum atomic E-state index is -0.252. The van der Waals surface area contributed by atoms with E-state index in [2.05, 4.69) is 31.7 Å². The Bertz CT molecular complexity index is 1020. The van der Waals surface area contributed by atoms with Gasteiger partial charge in [-0.2, -0.15) is 4.99 Å². The first-order chi connectivity index (χ1) is 11.9. The SMILES string of the molecule is C#CCn1c(=NC(=O)c2ccc(C(C)(C)C)cc2)sc2ccccc21. The van der Waals surface area contributed by atoms with Crippen LogP contribution in [0.3, 0.4) is 0 Å². The number of hydrogen-bond acceptors (Lipinski definition) is 2. The molecule has 0 aliphatic rings. The van der Waals surface area contributed by atoms with Crippen LogP contribution in [0, 0.1) is 12.3 Å². The summed E-state index contributed by atoms with van der Waals surface area (Å²) in [6, 6.07) is 15.6. The molecular formula is C21H20N2OS. The van der Waals surface area contributed by atoms with E-state index in [1.807, 2.05) is 53.1 Å². The summed E-state index contributed by atoms with van der Waals surface area (Å²) in [4.78, 5) is 17.5. The largest absolute Gasteiger partial charge is 0.305 e. The second-order valence-electron chi connectivity index (χ2n) is 6.89. The maximum Gasteiger partial charge on any atom is 0.279 e. The highest BCUT2D eigenvalue weighted by molar-refractivity contribution is 7.16. The summed E-state index contributed by atoms with van der Waals surface area (Å²) in [5, 5.41) is 0. The summed E-state index contributed by atoms with van der Waals surface area (Å²) in [5.74, 6) is 2.39. The Balaban J connectivity index is 2.03. The molecule has 25 heavy (non-hydrogen) atoms. The minimum absolute atomic E-state index is 0.0556. The molecule has 0 radical (unpaired) electrons. The van der Waals surface area contributed by atoms with Crippen molar-refractivity contribution in [3.05, 3.63) is 64.5 Å². The van der Waals surface area contributed by atoms with Crippen LogP contribution < -0.4 is 4.80 Å². The summed E-state index contributed by atoms with van der Waals surface area (Å²) in [6.45, 7) is 6.83. The number of hydrogen-bond donors (Lipinski definition) is 0. The number of nitrogens with zero attached hydrogens (tertiary/aromatic N) is 2. The van der Waals surface area contributed by atoms with E-state index in [-0.39, 0.29) is 11.3 Å². The van der Waals surface area contributed by atoms with Crippen LogP contribution in [-0.4, -0.2) is 10.5 Å². The molecule has 0 saturated carbocycles. The molecule has 0 spiro atoms. The van der Waals surface area contributed by atoms with Crippen LogP contribution in [0.25, 0.3) is 10.2 Å². The number of carbonyl (C=O) groups excluding carboxylic acids is 1. The van der Waals surface area contributed by atoms with Crippen molar-refractivity contribution in [2.24, 2.45) is 4.99 Å². The van der Waals surface area contributed by atoms with Crippen molar-refractivity contribution in [2.45, 2.75) is 32.7 Å². The fourth-order valence-electron chi connectivity index (χ4n) is 2.61. The summed E-state index contributed by atoms with van der Waals surface area (Å²) in [5.41, 5.74) is 2.83. The molecule has 0 N–H and O–H groups in total. The van der Waals surface area contributed by atoms with Crippen LogP contribution in [0.5, 0.6) is 0 Å². The van der Waals surface area contributed by atoms with Gasteiger partial charge in [-0.05, 0) is 35.2 Å². The molecule has 4 heteroatoms. The predicted molar refractivity (Wildman–Crippen MR) is 104 cm³/mol. The number of amides is 1. The summed E-state index contributed by atoms with van der Waals surface area (Å²) in [7, 11) is 0. The predicted octanol–water partition coefficient (Wildman–Crippen LogP) is 4.37. The van der Waals surface area contributed by atoms with Crippen molar-refractivity contribution in [1.82, 2.24) is 4.57 Å². The number of benzene rings is 2. The van der Waals surface area contributed by atoms with E-state index in [4.69, 9.17) is 6.42 Å². The Labute approximate surface area is 151 Å².